The van der Waals surface area contributed by atoms with Gasteiger partial charge in [-0.05, 0) is 35.4 Å². The Morgan fingerprint density at radius 2 is 2.13 bits per heavy atom. The number of carbonyl (C=O) groups excluding carboxylic acids is 2. The Labute approximate surface area is 141 Å². The molecule has 0 saturated heterocycles. The fraction of sp³-hybridized carbons (Fsp3) is 0.250. The minimum absolute atomic E-state index is 0.110. The summed E-state index contributed by atoms with van der Waals surface area (Å²) in [5, 5.41) is 7.81. The van der Waals surface area contributed by atoms with Gasteiger partial charge in [-0.15, -0.1) is 22.7 Å². The van der Waals surface area contributed by atoms with E-state index in [9.17, 15) is 9.59 Å². The number of aromatic nitrogens is 1. The third-order valence-corrected chi connectivity index (χ3v) is 5.36. The largest absolute Gasteiger partial charge is 0.464 e. The Balaban J connectivity index is 1.68. The van der Waals surface area contributed by atoms with Crippen LogP contribution in [-0.4, -0.2) is 30.1 Å². The molecule has 0 aliphatic heterocycles. The topological polar surface area (TPSA) is 60.3 Å². The summed E-state index contributed by atoms with van der Waals surface area (Å²) in [6.07, 6.45) is 0.813. The fourth-order valence-electron chi connectivity index (χ4n) is 2.39. The summed E-state index contributed by atoms with van der Waals surface area (Å²) in [7, 11) is 1.34. The number of nitrogens with zero attached hydrogens (tertiary/aromatic N) is 1. The van der Waals surface area contributed by atoms with Gasteiger partial charge in [-0.3, -0.25) is 4.79 Å². The first kappa shape index (κ1) is 15.8. The summed E-state index contributed by atoms with van der Waals surface area (Å²) in [6, 6.07) is 7.74. The lowest BCUT2D eigenvalue weighted by Crippen LogP contribution is -2.30. The third kappa shape index (κ3) is 3.46. The van der Waals surface area contributed by atoms with Crippen molar-refractivity contribution < 1.29 is 14.3 Å². The molecule has 0 fully saturated rings. The summed E-state index contributed by atoms with van der Waals surface area (Å²) in [4.78, 5) is 26.2. The van der Waals surface area contributed by atoms with Crippen molar-refractivity contribution in [1.29, 1.82) is 0 Å². The van der Waals surface area contributed by atoms with E-state index in [4.69, 9.17) is 4.74 Å². The van der Waals surface area contributed by atoms with Gasteiger partial charge in [0.15, 0.2) is 0 Å². The third-order valence-electron chi connectivity index (χ3n) is 3.47. The highest BCUT2D eigenvalue weighted by Gasteiger charge is 2.18. The van der Waals surface area contributed by atoms with Gasteiger partial charge >= 0.3 is 5.97 Å². The van der Waals surface area contributed by atoms with Gasteiger partial charge in [-0.25, -0.2) is 4.79 Å². The van der Waals surface area contributed by atoms with E-state index < -0.39 is 5.97 Å². The SMILES string of the molecule is COC(=O)c1cc2ccsc2n1CC(=O)NCCc1cccs1. The molecule has 0 bridgehead atoms. The summed E-state index contributed by atoms with van der Waals surface area (Å²) in [6.45, 7) is 0.695. The molecule has 3 aromatic heterocycles. The molecule has 0 unspecified atom stereocenters. The van der Waals surface area contributed by atoms with Crippen LogP contribution in [0, 0.1) is 0 Å². The Morgan fingerprint density at radius 1 is 1.26 bits per heavy atom. The van der Waals surface area contributed by atoms with E-state index in [1.807, 2.05) is 29.0 Å². The number of esters is 1. The summed E-state index contributed by atoms with van der Waals surface area (Å²) >= 11 is 3.18. The quantitative estimate of drug-likeness (QED) is 0.697. The highest BCUT2D eigenvalue weighted by Crippen LogP contribution is 2.25. The fourth-order valence-corrected chi connectivity index (χ4v) is 3.99. The maximum Gasteiger partial charge on any atom is 0.354 e. The summed E-state index contributed by atoms with van der Waals surface area (Å²) in [5.41, 5.74) is 0.405. The highest BCUT2D eigenvalue weighted by molar-refractivity contribution is 7.16. The zero-order valence-electron chi connectivity index (χ0n) is 12.6. The second-order valence-electron chi connectivity index (χ2n) is 4.97. The van der Waals surface area contributed by atoms with E-state index in [0.717, 1.165) is 16.6 Å². The van der Waals surface area contributed by atoms with Crippen LogP contribution in [0.5, 0.6) is 0 Å². The smallest absolute Gasteiger partial charge is 0.354 e. The number of rotatable bonds is 6. The van der Waals surface area contributed by atoms with Gasteiger partial charge in [0.05, 0.1) is 7.11 Å². The Morgan fingerprint density at radius 3 is 2.87 bits per heavy atom. The highest BCUT2D eigenvalue weighted by atomic mass is 32.1. The predicted octanol–water partition coefficient (Wildman–Crippen LogP) is 2.91. The maximum atomic E-state index is 12.2. The average molecular weight is 348 g/mol. The molecule has 0 saturated carbocycles. The Hall–Kier alpha value is -2.12. The minimum atomic E-state index is -0.431. The van der Waals surface area contributed by atoms with Crippen LogP contribution in [0.3, 0.4) is 0 Å². The number of nitrogens with one attached hydrogen (secondary N) is 1. The molecular formula is C16H16N2O3S2. The Bertz CT molecular complexity index is 818. The van der Waals surface area contributed by atoms with Gasteiger partial charge in [0.2, 0.25) is 5.91 Å². The molecular weight excluding hydrogens is 332 g/mol. The molecule has 0 radical (unpaired) electrons. The molecule has 1 N–H and O–H groups in total. The first-order valence-corrected chi connectivity index (χ1v) is 8.89. The Kier molecular flexibility index (Phi) is 4.78. The molecule has 0 atom stereocenters. The molecule has 1 amide bonds. The van der Waals surface area contributed by atoms with Gasteiger partial charge in [-0.1, -0.05) is 6.07 Å². The van der Waals surface area contributed by atoms with Crippen molar-refractivity contribution in [1.82, 2.24) is 9.88 Å². The number of fused-ring (bicyclic) bond motifs is 1. The van der Waals surface area contributed by atoms with Crippen molar-refractivity contribution in [2.24, 2.45) is 0 Å². The van der Waals surface area contributed by atoms with Crippen molar-refractivity contribution in [2.45, 2.75) is 13.0 Å². The van der Waals surface area contributed by atoms with Crippen molar-refractivity contribution >= 4 is 44.8 Å². The van der Waals surface area contributed by atoms with E-state index in [-0.39, 0.29) is 12.5 Å². The molecule has 5 nitrogen and oxygen atoms in total. The first-order chi connectivity index (χ1) is 11.2. The van der Waals surface area contributed by atoms with Gasteiger partial charge in [0.1, 0.15) is 17.1 Å². The monoisotopic (exact) mass is 348 g/mol. The number of carbonyl (C=O) groups is 2. The van der Waals surface area contributed by atoms with E-state index in [0.29, 0.717) is 12.2 Å². The van der Waals surface area contributed by atoms with Gasteiger partial charge in [0.25, 0.3) is 0 Å². The molecule has 0 spiro atoms. The van der Waals surface area contributed by atoms with Crippen LogP contribution in [0.4, 0.5) is 0 Å². The molecule has 0 aromatic carbocycles. The summed E-state index contributed by atoms with van der Waals surface area (Å²) < 4.78 is 6.52. The van der Waals surface area contributed by atoms with Crippen molar-refractivity contribution in [3.63, 3.8) is 0 Å². The van der Waals surface area contributed by atoms with Gasteiger partial charge in [0, 0.05) is 16.8 Å². The zero-order valence-corrected chi connectivity index (χ0v) is 14.2. The molecule has 3 rings (SSSR count). The van der Waals surface area contributed by atoms with Crippen molar-refractivity contribution in [3.05, 3.63) is 45.6 Å². The number of hydrogen-bond acceptors (Lipinski definition) is 5. The van der Waals surface area contributed by atoms with Crippen LogP contribution >= 0.6 is 22.7 Å². The lowest BCUT2D eigenvalue weighted by atomic mass is 10.3. The lowest BCUT2D eigenvalue weighted by molar-refractivity contribution is -0.121. The van der Waals surface area contributed by atoms with E-state index in [2.05, 4.69) is 5.32 Å². The molecule has 0 aliphatic carbocycles. The standard InChI is InChI=1S/C16H16N2O3S2/c1-21-16(20)13-9-11-5-8-23-15(11)18(13)10-14(19)17-6-4-12-3-2-7-22-12/h2-3,5,7-9H,4,6,10H2,1H3,(H,17,19). The summed E-state index contributed by atoms with van der Waals surface area (Å²) in [5.74, 6) is -0.544. The second kappa shape index (κ2) is 6.97. The van der Waals surface area contributed by atoms with Crippen LogP contribution in [-0.2, 0) is 22.5 Å². The maximum absolute atomic E-state index is 12.2. The molecule has 120 valence electrons. The second-order valence-corrected chi connectivity index (χ2v) is 6.89. The zero-order chi connectivity index (χ0) is 16.2. The number of thiophene rings is 2. The molecule has 7 heteroatoms. The van der Waals surface area contributed by atoms with Crippen molar-refractivity contribution in [3.8, 4) is 0 Å². The lowest BCUT2D eigenvalue weighted by Gasteiger charge is -2.09. The van der Waals surface area contributed by atoms with E-state index in [1.54, 1.807) is 22.0 Å². The number of methoxy groups -OCH3 is 1. The number of ether oxygens (including phenoxy) is 1. The van der Waals surface area contributed by atoms with Gasteiger partial charge in [-0.2, -0.15) is 0 Å². The molecule has 3 heterocycles. The van der Waals surface area contributed by atoms with Gasteiger partial charge < -0.3 is 14.6 Å². The average Bonchev–Trinajstić information content (AvgIpc) is 3.25. The molecule has 0 aliphatic rings. The van der Waals surface area contributed by atoms with Crippen LogP contribution in [0.2, 0.25) is 0 Å². The van der Waals surface area contributed by atoms with Crippen molar-refractivity contribution in [2.75, 3.05) is 13.7 Å². The first-order valence-electron chi connectivity index (χ1n) is 7.13. The number of hydrogen-bond donors (Lipinski definition) is 1. The van der Waals surface area contributed by atoms with Crippen LogP contribution in [0.15, 0.2) is 35.0 Å². The predicted molar refractivity (Wildman–Crippen MR) is 92.2 cm³/mol. The minimum Gasteiger partial charge on any atom is -0.464 e. The van der Waals surface area contributed by atoms with E-state index in [1.165, 1.54) is 23.3 Å². The molecule has 3 aromatic rings. The van der Waals surface area contributed by atoms with Crippen LogP contribution in [0.1, 0.15) is 15.4 Å². The van der Waals surface area contributed by atoms with Crippen LogP contribution in [0.25, 0.3) is 10.2 Å². The van der Waals surface area contributed by atoms with Crippen LogP contribution < -0.4 is 5.32 Å². The van der Waals surface area contributed by atoms with E-state index >= 15 is 0 Å². The molecule has 23 heavy (non-hydrogen) atoms. The normalized spacial score (nSPS) is 10.8. The number of amides is 1.